The van der Waals surface area contributed by atoms with Gasteiger partial charge >= 0.3 is 6.92 Å². The van der Waals surface area contributed by atoms with Gasteiger partial charge in [-0.05, 0) is 20.8 Å². The molecule has 1 atom stereocenters. The van der Waals surface area contributed by atoms with Crippen molar-refractivity contribution in [2.75, 3.05) is 0 Å². The monoisotopic (exact) mass is 186 g/mol. The highest BCUT2D eigenvalue weighted by Crippen LogP contribution is 2.50. The maximum atomic E-state index is 5.74. The van der Waals surface area contributed by atoms with Crippen molar-refractivity contribution in [2.24, 2.45) is 0 Å². The fraction of sp³-hybridized carbons (Fsp3) is 1.00. The maximum absolute atomic E-state index is 5.74. The zero-order valence-corrected chi connectivity index (χ0v) is 9.38. The minimum Gasteiger partial charge on any atom is -0.345 e. The highest BCUT2D eigenvalue weighted by atomic mass is 17.2. The van der Waals surface area contributed by atoms with Crippen molar-refractivity contribution in [1.82, 2.24) is 0 Å². The van der Waals surface area contributed by atoms with Crippen LogP contribution in [0, 0.1) is 0 Å². The van der Waals surface area contributed by atoms with E-state index in [4.69, 9.17) is 14.4 Å². The second-order valence-corrected chi connectivity index (χ2v) is 4.66. The van der Waals surface area contributed by atoms with E-state index in [0.29, 0.717) is 0 Å². The molecule has 0 radical (unpaired) electrons. The van der Waals surface area contributed by atoms with Crippen molar-refractivity contribution in [3.05, 3.63) is 0 Å². The standard InChI is InChI=1S/C9H19BO3/c1-7(2)11-9(5)8(3,4)10(6)13-12-9/h7H,1-6H3. The molecule has 1 unspecified atom stereocenters. The Bertz CT molecular complexity index is 193. The molecule has 3 nitrogen and oxygen atoms in total. The van der Waals surface area contributed by atoms with Gasteiger partial charge in [0.15, 0.2) is 5.79 Å². The smallest absolute Gasteiger partial charge is 0.345 e. The van der Waals surface area contributed by atoms with Gasteiger partial charge in [0.2, 0.25) is 0 Å². The van der Waals surface area contributed by atoms with Crippen molar-refractivity contribution in [3.63, 3.8) is 0 Å². The molecule has 1 heterocycles. The van der Waals surface area contributed by atoms with E-state index in [2.05, 4.69) is 13.8 Å². The number of rotatable bonds is 2. The van der Waals surface area contributed by atoms with Crippen LogP contribution in [0.15, 0.2) is 0 Å². The van der Waals surface area contributed by atoms with Gasteiger partial charge < -0.3 is 9.54 Å². The van der Waals surface area contributed by atoms with E-state index in [0.717, 1.165) is 0 Å². The minimum absolute atomic E-state index is 0.0521. The Kier molecular flexibility index (Phi) is 2.77. The summed E-state index contributed by atoms with van der Waals surface area (Å²) in [5.74, 6) is -0.638. The molecule has 0 amide bonds. The summed E-state index contributed by atoms with van der Waals surface area (Å²) in [7, 11) is 0. The number of ether oxygens (including phenoxy) is 1. The van der Waals surface area contributed by atoms with Gasteiger partial charge in [-0.25, -0.2) is 4.89 Å². The molecule has 1 aliphatic heterocycles. The van der Waals surface area contributed by atoms with Crippen LogP contribution in [0.2, 0.25) is 12.1 Å². The van der Waals surface area contributed by atoms with Crippen molar-refractivity contribution >= 4 is 6.92 Å². The summed E-state index contributed by atoms with van der Waals surface area (Å²) in [5.41, 5.74) is 0. The van der Waals surface area contributed by atoms with Crippen LogP contribution in [0.1, 0.15) is 34.6 Å². The van der Waals surface area contributed by atoms with E-state index in [-0.39, 0.29) is 18.3 Å². The first-order valence-corrected chi connectivity index (χ1v) is 4.82. The molecule has 0 bridgehead atoms. The molecule has 1 fully saturated rings. The van der Waals surface area contributed by atoms with Crippen molar-refractivity contribution in [2.45, 2.75) is 58.6 Å². The normalized spacial score (nSPS) is 33.0. The molecule has 0 aliphatic carbocycles. The van der Waals surface area contributed by atoms with Gasteiger partial charge in [-0.2, -0.15) is 0 Å². The topological polar surface area (TPSA) is 27.7 Å². The Morgan fingerprint density at radius 2 is 1.77 bits per heavy atom. The third-order valence-corrected chi connectivity index (χ3v) is 3.00. The van der Waals surface area contributed by atoms with Crippen LogP contribution in [-0.2, 0) is 14.4 Å². The third-order valence-electron chi connectivity index (χ3n) is 3.00. The van der Waals surface area contributed by atoms with Crippen LogP contribution in [0.4, 0.5) is 0 Å². The lowest BCUT2D eigenvalue weighted by atomic mass is 9.46. The summed E-state index contributed by atoms with van der Waals surface area (Å²) in [6.45, 7) is 12.1. The predicted octanol–water partition coefficient (Wildman–Crippen LogP) is 2.49. The Morgan fingerprint density at radius 1 is 1.23 bits per heavy atom. The molecular weight excluding hydrogens is 167 g/mol. The first-order valence-electron chi connectivity index (χ1n) is 4.82. The van der Waals surface area contributed by atoms with E-state index >= 15 is 0 Å². The third kappa shape index (κ3) is 1.76. The predicted molar refractivity (Wildman–Crippen MR) is 52.5 cm³/mol. The Hall–Kier alpha value is -0.0551. The van der Waals surface area contributed by atoms with Crippen molar-refractivity contribution < 1.29 is 14.4 Å². The maximum Gasteiger partial charge on any atom is 0.348 e. The molecular formula is C9H19BO3. The van der Waals surface area contributed by atoms with Crippen LogP contribution in [0.25, 0.3) is 0 Å². The molecule has 1 rings (SSSR count). The van der Waals surface area contributed by atoms with Crippen LogP contribution >= 0.6 is 0 Å². The molecule has 1 saturated heterocycles. The summed E-state index contributed by atoms with van der Waals surface area (Å²) in [6.07, 6.45) is 0.137. The lowest BCUT2D eigenvalue weighted by molar-refractivity contribution is -0.367. The van der Waals surface area contributed by atoms with Gasteiger partial charge in [0.25, 0.3) is 0 Å². The lowest BCUT2D eigenvalue weighted by Gasteiger charge is -2.36. The SMILES string of the molecule is CB1OOC(C)(OC(C)C)C1(C)C. The summed E-state index contributed by atoms with van der Waals surface area (Å²) in [6, 6.07) is 0. The molecule has 0 N–H and O–H groups in total. The van der Waals surface area contributed by atoms with E-state index in [1.165, 1.54) is 0 Å². The second-order valence-electron chi connectivity index (χ2n) is 4.66. The van der Waals surface area contributed by atoms with Gasteiger partial charge in [0.1, 0.15) is 0 Å². The molecule has 13 heavy (non-hydrogen) atoms. The molecule has 1 aliphatic rings. The van der Waals surface area contributed by atoms with E-state index < -0.39 is 5.79 Å². The highest BCUT2D eigenvalue weighted by molar-refractivity contribution is 6.54. The van der Waals surface area contributed by atoms with Crippen LogP contribution < -0.4 is 0 Å². The average molecular weight is 186 g/mol. The van der Waals surface area contributed by atoms with Crippen LogP contribution in [0.5, 0.6) is 0 Å². The molecule has 76 valence electrons. The molecule has 4 heteroatoms. The van der Waals surface area contributed by atoms with Gasteiger partial charge in [-0.3, -0.25) is 0 Å². The summed E-state index contributed by atoms with van der Waals surface area (Å²) in [5, 5.41) is -0.128. The quantitative estimate of drug-likeness (QED) is 0.489. The van der Waals surface area contributed by atoms with Gasteiger partial charge in [-0.15, -0.1) is 0 Å². The number of hydrogen-bond acceptors (Lipinski definition) is 3. The molecule has 0 aromatic heterocycles. The van der Waals surface area contributed by atoms with Crippen molar-refractivity contribution in [3.8, 4) is 0 Å². The second kappa shape index (κ2) is 3.26. The summed E-state index contributed by atoms with van der Waals surface area (Å²) < 4.78 is 5.74. The molecule has 0 saturated carbocycles. The van der Waals surface area contributed by atoms with Crippen LogP contribution in [0.3, 0.4) is 0 Å². The summed E-state index contributed by atoms with van der Waals surface area (Å²) in [4.78, 5) is 10.4. The van der Waals surface area contributed by atoms with Gasteiger partial charge in [0, 0.05) is 5.31 Å². The molecule has 0 aromatic carbocycles. The average Bonchev–Trinajstić information content (AvgIpc) is 2.13. The van der Waals surface area contributed by atoms with E-state index in [9.17, 15) is 0 Å². The summed E-state index contributed by atoms with van der Waals surface area (Å²) >= 11 is 0. The Morgan fingerprint density at radius 3 is 2.08 bits per heavy atom. The molecule has 0 aromatic rings. The molecule has 0 spiro atoms. The van der Waals surface area contributed by atoms with Gasteiger partial charge in [-0.1, -0.05) is 20.7 Å². The first-order chi connectivity index (χ1) is 5.79. The number of hydrogen-bond donors (Lipinski definition) is 0. The zero-order chi connectivity index (χ0) is 10.3. The fourth-order valence-corrected chi connectivity index (χ4v) is 1.38. The van der Waals surface area contributed by atoms with Gasteiger partial charge in [0.05, 0.1) is 6.10 Å². The van der Waals surface area contributed by atoms with E-state index in [1.54, 1.807) is 0 Å². The fourth-order valence-electron chi connectivity index (χ4n) is 1.38. The van der Waals surface area contributed by atoms with Crippen LogP contribution in [-0.4, -0.2) is 18.8 Å². The van der Waals surface area contributed by atoms with Crippen molar-refractivity contribution in [1.29, 1.82) is 0 Å². The lowest BCUT2D eigenvalue weighted by Crippen LogP contribution is -2.42. The Balaban J connectivity index is 2.79. The minimum atomic E-state index is -0.638. The largest absolute Gasteiger partial charge is 0.348 e. The zero-order valence-electron chi connectivity index (χ0n) is 9.38. The first kappa shape index (κ1) is 11.0. The Labute approximate surface area is 80.8 Å². The van der Waals surface area contributed by atoms with E-state index in [1.807, 2.05) is 27.6 Å². The highest BCUT2D eigenvalue weighted by Gasteiger charge is 2.57.